The van der Waals surface area contributed by atoms with Crippen LogP contribution < -0.4 is 21.1 Å². The fourth-order valence-corrected chi connectivity index (χ4v) is 5.87. The Morgan fingerprint density at radius 1 is 1.23 bits per heavy atom. The van der Waals surface area contributed by atoms with Crippen LogP contribution in [0.3, 0.4) is 0 Å². The van der Waals surface area contributed by atoms with Gasteiger partial charge in [0, 0.05) is 17.0 Å². The quantitative estimate of drug-likeness (QED) is 0.247. The molecule has 0 saturated carbocycles. The number of benzene rings is 2. The molecule has 2 aromatic rings. The molecule has 5 N–H and O–H groups in total. The molecule has 3 atom stereocenters. The summed E-state index contributed by atoms with van der Waals surface area (Å²) in [4.78, 5) is 40.9. The normalized spacial score (nSPS) is 17.7. The van der Waals surface area contributed by atoms with Gasteiger partial charge in [-0.15, -0.1) is 18.3 Å². The number of aliphatic hydroxyl groups is 1. The first-order valence-corrected chi connectivity index (χ1v) is 13.8. The summed E-state index contributed by atoms with van der Waals surface area (Å²) in [6.07, 6.45) is 0.185. The number of thioether (sulfide) groups is 1. The minimum absolute atomic E-state index is 0.205. The summed E-state index contributed by atoms with van der Waals surface area (Å²) in [7, 11) is 0. The summed E-state index contributed by atoms with van der Waals surface area (Å²) in [5.74, 6) is -0.647. The fraction of sp³-hybridized carbons (Fsp3) is 0.414. The molecule has 3 rings (SSSR count). The molecular formula is C29H38N4O5S. The van der Waals surface area contributed by atoms with Crippen LogP contribution in [0, 0.1) is 13.8 Å². The van der Waals surface area contributed by atoms with E-state index in [0.717, 1.165) is 16.7 Å². The Labute approximate surface area is 234 Å². The van der Waals surface area contributed by atoms with Gasteiger partial charge in [0.1, 0.15) is 11.8 Å². The number of amides is 3. The molecule has 0 radical (unpaired) electrons. The molecule has 210 valence electrons. The molecule has 2 aromatic carbocycles. The third-order valence-electron chi connectivity index (χ3n) is 6.61. The number of nitrogens with one attached hydrogen (secondary N) is 2. The lowest BCUT2D eigenvalue weighted by Crippen LogP contribution is -2.59. The third kappa shape index (κ3) is 7.54. The van der Waals surface area contributed by atoms with E-state index in [9.17, 15) is 19.5 Å². The molecule has 0 bridgehead atoms. The molecule has 0 aromatic heterocycles. The van der Waals surface area contributed by atoms with Crippen molar-refractivity contribution in [2.45, 2.75) is 57.1 Å². The molecule has 0 spiro atoms. The molecule has 1 aliphatic rings. The molecule has 0 unspecified atom stereocenters. The highest BCUT2D eigenvalue weighted by Crippen LogP contribution is 2.39. The Kier molecular flexibility index (Phi) is 10.0. The number of nitrogens with zero attached hydrogens (tertiary/aromatic N) is 1. The highest BCUT2D eigenvalue weighted by molar-refractivity contribution is 8.00. The van der Waals surface area contributed by atoms with E-state index in [1.807, 2.05) is 58.0 Å². The molecule has 9 nitrogen and oxygen atoms in total. The first-order chi connectivity index (χ1) is 18.4. The summed E-state index contributed by atoms with van der Waals surface area (Å²) < 4.78 is 5.21. The van der Waals surface area contributed by atoms with E-state index in [2.05, 4.69) is 17.2 Å². The highest BCUT2D eigenvalue weighted by atomic mass is 32.2. The van der Waals surface area contributed by atoms with Gasteiger partial charge in [-0.3, -0.25) is 14.4 Å². The lowest BCUT2D eigenvalue weighted by molar-refractivity contribution is -0.147. The van der Waals surface area contributed by atoms with Crippen molar-refractivity contribution < 1.29 is 24.2 Å². The minimum Gasteiger partial charge on any atom is -0.483 e. The monoisotopic (exact) mass is 554 g/mol. The Morgan fingerprint density at radius 3 is 2.49 bits per heavy atom. The van der Waals surface area contributed by atoms with Crippen molar-refractivity contribution >= 4 is 35.2 Å². The van der Waals surface area contributed by atoms with Crippen molar-refractivity contribution in [1.82, 2.24) is 15.5 Å². The average molecular weight is 555 g/mol. The standard InChI is InChI=1S/C29H38N4O5S/c1-6-12-31-27(36)26-29(4,5)39-17-33(26)28(37)24(35)22(15-20-10-8-7-9-11-20)32-23(34)16-38-25-18(2)13-21(30)14-19(25)3/h6-11,13-14,22,24,26,35H,1,12,15-17,30H2,2-5H3,(H,31,36)(H,32,34)/t22-,24-,26+/m0/s1. The van der Waals surface area contributed by atoms with Gasteiger partial charge in [-0.25, -0.2) is 0 Å². The number of carbonyl (C=O) groups is 3. The maximum Gasteiger partial charge on any atom is 0.258 e. The van der Waals surface area contributed by atoms with Gasteiger partial charge in [-0.1, -0.05) is 36.4 Å². The van der Waals surface area contributed by atoms with E-state index in [1.54, 1.807) is 18.2 Å². The molecule has 39 heavy (non-hydrogen) atoms. The third-order valence-corrected chi connectivity index (χ3v) is 7.98. The maximum absolute atomic E-state index is 13.6. The molecule has 0 aliphatic carbocycles. The number of aryl methyl sites for hydroxylation is 2. The van der Waals surface area contributed by atoms with Gasteiger partial charge in [0.05, 0.1) is 11.9 Å². The lowest BCUT2D eigenvalue weighted by Gasteiger charge is -2.33. The summed E-state index contributed by atoms with van der Waals surface area (Å²) in [5.41, 5.74) is 8.91. The van der Waals surface area contributed by atoms with Crippen molar-refractivity contribution in [1.29, 1.82) is 0 Å². The zero-order valence-corrected chi connectivity index (χ0v) is 23.7. The molecule has 1 saturated heterocycles. The van der Waals surface area contributed by atoms with Crippen LogP contribution >= 0.6 is 11.8 Å². The fourth-order valence-electron chi connectivity index (χ4n) is 4.73. The smallest absolute Gasteiger partial charge is 0.258 e. The SMILES string of the molecule is C=CCNC(=O)[C@H]1N(C(=O)[C@@H](O)[C@H](Cc2ccccc2)NC(=O)COc2c(C)cc(N)cc2C)CSC1(C)C. The lowest BCUT2D eigenvalue weighted by atomic mass is 9.97. The molecule has 1 aliphatic heterocycles. The van der Waals surface area contributed by atoms with Crippen LogP contribution in [0.5, 0.6) is 5.75 Å². The Hall–Kier alpha value is -3.50. The Bertz CT molecular complexity index is 1180. The predicted octanol–water partition coefficient (Wildman–Crippen LogP) is 2.34. The number of anilines is 1. The van der Waals surface area contributed by atoms with E-state index in [4.69, 9.17) is 10.5 Å². The number of rotatable bonds is 11. The van der Waals surface area contributed by atoms with Gasteiger partial charge >= 0.3 is 0 Å². The topological polar surface area (TPSA) is 134 Å². The number of nitrogen functional groups attached to an aromatic ring is 1. The van der Waals surface area contributed by atoms with Crippen molar-refractivity contribution in [3.05, 3.63) is 71.8 Å². The molecular weight excluding hydrogens is 516 g/mol. The number of hydrogen-bond acceptors (Lipinski definition) is 7. The first-order valence-electron chi connectivity index (χ1n) is 12.8. The van der Waals surface area contributed by atoms with Gasteiger partial charge in [-0.05, 0) is 62.9 Å². The molecule has 3 amide bonds. The number of nitrogens with two attached hydrogens (primary N) is 1. The maximum atomic E-state index is 13.6. The van der Waals surface area contributed by atoms with Crippen LogP contribution in [0.15, 0.2) is 55.1 Å². The summed E-state index contributed by atoms with van der Waals surface area (Å²) in [6, 6.07) is 11.0. The highest BCUT2D eigenvalue weighted by Gasteiger charge is 2.49. The minimum atomic E-state index is -1.58. The zero-order chi connectivity index (χ0) is 28.7. The largest absolute Gasteiger partial charge is 0.483 e. The Morgan fingerprint density at radius 2 is 1.87 bits per heavy atom. The predicted molar refractivity (Wildman–Crippen MR) is 154 cm³/mol. The van der Waals surface area contributed by atoms with E-state index in [0.29, 0.717) is 11.4 Å². The van der Waals surface area contributed by atoms with Gasteiger partial charge in [-0.2, -0.15) is 0 Å². The van der Waals surface area contributed by atoms with Gasteiger partial charge < -0.3 is 31.1 Å². The van der Waals surface area contributed by atoms with Crippen LogP contribution in [0.25, 0.3) is 0 Å². The average Bonchev–Trinajstić information content (AvgIpc) is 3.20. The van der Waals surface area contributed by atoms with E-state index in [-0.39, 0.29) is 31.4 Å². The van der Waals surface area contributed by atoms with Crippen LogP contribution in [0.4, 0.5) is 5.69 Å². The number of carbonyl (C=O) groups excluding carboxylic acids is 3. The van der Waals surface area contributed by atoms with E-state index >= 15 is 0 Å². The van der Waals surface area contributed by atoms with E-state index in [1.165, 1.54) is 16.7 Å². The molecule has 1 fully saturated rings. The van der Waals surface area contributed by atoms with Gasteiger partial charge in [0.25, 0.3) is 11.8 Å². The van der Waals surface area contributed by atoms with Crippen LogP contribution in [0.1, 0.15) is 30.5 Å². The van der Waals surface area contributed by atoms with Crippen LogP contribution in [0.2, 0.25) is 0 Å². The first kappa shape index (κ1) is 30.0. The van der Waals surface area contributed by atoms with Gasteiger partial charge in [0.2, 0.25) is 5.91 Å². The van der Waals surface area contributed by atoms with E-state index < -0.39 is 34.7 Å². The summed E-state index contributed by atoms with van der Waals surface area (Å²) in [6.45, 7) is 11.0. The zero-order valence-electron chi connectivity index (χ0n) is 22.9. The second-order valence-corrected chi connectivity index (χ2v) is 11.8. The van der Waals surface area contributed by atoms with Gasteiger partial charge in [0.15, 0.2) is 12.7 Å². The van der Waals surface area contributed by atoms with Crippen molar-refractivity contribution in [2.24, 2.45) is 0 Å². The second kappa shape index (κ2) is 13.0. The van der Waals surface area contributed by atoms with Crippen LogP contribution in [-0.4, -0.2) is 69.7 Å². The van der Waals surface area contributed by atoms with Crippen LogP contribution in [-0.2, 0) is 20.8 Å². The molecule has 10 heteroatoms. The number of aliphatic hydroxyl groups excluding tert-OH is 1. The van der Waals surface area contributed by atoms with Crippen molar-refractivity contribution in [3.8, 4) is 5.75 Å². The van der Waals surface area contributed by atoms with Crippen molar-refractivity contribution in [2.75, 3.05) is 24.8 Å². The van der Waals surface area contributed by atoms with Crippen molar-refractivity contribution in [3.63, 3.8) is 0 Å². The number of ether oxygens (including phenoxy) is 1. The number of hydrogen-bond donors (Lipinski definition) is 4. The summed E-state index contributed by atoms with van der Waals surface area (Å²) in [5, 5.41) is 16.8. The summed E-state index contributed by atoms with van der Waals surface area (Å²) >= 11 is 1.45. The molecule has 1 heterocycles. The Balaban J connectivity index is 1.78. The second-order valence-electron chi connectivity index (χ2n) is 10.2.